The first-order valence-electron chi connectivity index (χ1n) is 7.92. The lowest BCUT2D eigenvalue weighted by Crippen LogP contribution is -2.31. The first-order valence-corrected chi connectivity index (χ1v) is 7.92. The lowest BCUT2D eigenvalue weighted by Gasteiger charge is -2.24. The van der Waals surface area contributed by atoms with Crippen molar-refractivity contribution in [2.45, 2.75) is 19.3 Å². The molecule has 2 aliphatic heterocycles. The number of hydrogen-bond acceptors (Lipinski definition) is 3. The van der Waals surface area contributed by atoms with Crippen LogP contribution in [0.4, 0.5) is 5.69 Å². The largest absolute Gasteiger partial charge is 0.384 e. The Balaban J connectivity index is 1.76. The molecule has 1 amide bonds. The van der Waals surface area contributed by atoms with E-state index in [1.54, 1.807) is 7.11 Å². The van der Waals surface area contributed by atoms with Gasteiger partial charge >= 0.3 is 0 Å². The van der Waals surface area contributed by atoms with E-state index in [2.05, 4.69) is 11.0 Å². The Labute approximate surface area is 126 Å². The Bertz CT molecular complexity index is 497. The first kappa shape index (κ1) is 14.4. The summed E-state index contributed by atoms with van der Waals surface area (Å²) in [5.41, 5.74) is 1.97. The fourth-order valence-electron chi connectivity index (χ4n) is 3.45. The fourth-order valence-corrected chi connectivity index (χ4v) is 3.45. The van der Waals surface area contributed by atoms with Gasteiger partial charge < -0.3 is 14.5 Å². The lowest BCUT2D eigenvalue weighted by molar-refractivity contribution is 0.0776. The molecular weight excluding hydrogens is 264 g/mol. The monoisotopic (exact) mass is 288 g/mol. The summed E-state index contributed by atoms with van der Waals surface area (Å²) in [4.78, 5) is 17.2. The minimum atomic E-state index is 0.177. The van der Waals surface area contributed by atoms with Crippen LogP contribution in [0.2, 0.25) is 0 Å². The Morgan fingerprint density at radius 1 is 1.24 bits per heavy atom. The van der Waals surface area contributed by atoms with Crippen molar-refractivity contribution in [3.63, 3.8) is 0 Å². The molecule has 0 radical (unpaired) electrons. The highest BCUT2D eigenvalue weighted by atomic mass is 16.5. The number of benzene rings is 1. The van der Waals surface area contributed by atoms with Crippen LogP contribution in [-0.2, 0) is 4.74 Å². The third-order valence-electron chi connectivity index (χ3n) is 4.56. The quantitative estimate of drug-likeness (QED) is 0.853. The molecule has 2 saturated heterocycles. The second kappa shape index (κ2) is 6.48. The van der Waals surface area contributed by atoms with Crippen LogP contribution in [0.1, 0.15) is 29.6 Å². The van der Waals surface area contributed by atoms with Gasteiger partial charge in [-0.15, -0.1) is 0 Å². The van der Waals surface area contributed by atoms with Crippen molar-refractivity contribution in [1.29, 1.82) is 0 Å². The third-order valence-corrected chi connectivity index (χ3v) is 4.56. The zero-order chi connectivity index (χ0) is 14.7. The normalized spacial score (nSPS) is 22.0. The second-order valence-electron chi connectivity index (χ2n) is 6.07. The standard InChI is InChI=1S/C17H24N2O2/c1-21-13-14-8-11-19(12-14)17(20)15-6-2-3-7-16(15)18-9-4-5-10-18/h2-3,6-7,14H,4-5,8-13H2,1H3/t14-/m1/s1. The van der Waals surface area contributed by atoms with Crippen molar-refractivity contribution in [1.82, 2.24) is 4.90 Å². The van der Waals surface area contributed by atoms with Crippen LogP contribution < -0.4 is 4.90 Å². The molecule has 1 atom stereocenters. The number of rotatable bonds is 4. The predicted octanol–water partition coefficient (Wildman–Crippen LogP) is 2.40. The summed E-state index contributed by atoms with van der Waals surface area (Å²) in [5, 5.41) is 0. The maximum Gasteiger partial charge on any atom is 0.255 e. The average Bonchev–Trinajstić information content (AvgIpc) is 3.18. The van der Waals surface area contributed by atoms with Crippen molar-refractivity contribution in [3.8, 4) is 0 Å². The Hall–Kier alpha value is -1.55. The molecule has 4 nitrogen and oxygen atoms in total. The maximum absolute atomic E-state index is 12.8. The van der Waals surface area contributed by atoms with Crippen LogP contribution >= 0.6 is 0 Å². The van der Waals surface area contributed by atoms with Crippen molar-refractivity contribution in [3.05, 3.63) is 29.8 Å². The van der Waals surface area contributed by atoms with Gasteiger partial charge in [-0.05, 0) is 31.4 Å². The van der Waals surface area contributed by atoms with Gasteiger partial charge in [0.25, 0.3) is 5.91 Å². The van der Waals surface area contributed by atoms with Crippen LogP contribution in [0.3, 0.4) is 0 Å². The number of likely N-dealkylation sites (tertiary alicyclic amines) is 1. The molecule has 2 fully saturated rings. The fraction of sp³-hybridized carbons (Fsp3) is 0.588. The summed E-state index contributed by atoms with van der Waals surface area (Å²) in [6.45, 7) is 4.55. The molecule has 0 aliphatic carbocycles. The molecule has 2 aliphatic rings. The molecule has 0 aromatic heterocycles. The van der Waals surface area contributed by atoms with Gasteiger partial charge in [-0.1, -0.05) is 12.1 Å². The number of carbonyl (C=O) groups is 1. The number of methoxy groups -OCH3 is 1. The summed E-state index contributed by atoms with van der Waals surface area (Å²) in [5.74, 6) is 0.661. The smallest absolute Gasteiger partial charge is 0.255 e. The summed E-state index contributed by atoms with van der Waals surface area (Å²) < 4.78 is 5.22. The number of para-hydroxylation sites is 1. The summed E-state index contributed by atoms with van der Waals surface area (Å²) in [6.07, 6.45) is 3.50. The molecule has 21 heavy (non-hydrogen) atoms. The number of carbonyl (C=O) groups excluding carboxylic acids is 1. The molecule has 1 aromatic rings. The highest BCUT2D eigenvalue weighted by Crippen LogP contribution is 2.27. The number of ether oxygens (including phenoxy) is 1. The van der Waals surface area contributed by atoms with Crippen molar-refractivity contribution in [2.24, 2.45) is 5.92 Å². The Morgan fingerprint density at radius 3 is 2.76 bits per heavy atom. The highest BCUT2D eigenvalue weighted by molar-refractivity contribution is 6.00. The zero-order valence-corrected chi connectivity index (χ0v) is 12.8. The van der Waals surface area contributed by atoms with E-state index in [4.69, 9.17) is 4.74 Å². The van der Waals surface area contributed by atoms with Gasteiger partial charge in [-0.2, -0.15) is 0 Å². The van der Waals surface area contributed by atoms with Crippen LogP contribution in [-0.4, -0.2) is 50.7 Å². The SMILES string of the molecule is COC[C@@H]1CCN(C(=O)c2ccccc2N2CCCC2)C1. The summed E-state index contributed by atoms with van der Waals surface area (Å²) in [6, 6.07) is 8.05. The third kappa shape index (κ3) is 3.05. The van der Waals surface area contributed by atoms with E-state index in [-0.39, 0.29) is 5.91 Å². The van der Waals surface area contributed by atoms with E-state index in [1.165, 1.54) is 12.8 Å². The number of amides is 1. The van der Waals surface area contributed by atoms with E-state index < -0.39 is 0 Å². The zero-order valence-electron chi connectivity index (χ0n) is 12.8. The van der Waals surface area contributed by atoms with Gasteiger partial charge in [0, 0.05) is 44.9 Å². The molecular formula is C17H24N2O2. The Morgan fingerprint density at radius 2 is 2.00 bits per heavy atom. The van der Waals surface area contributed by atoms with Crippen molar-refractivity contribution in [2.75, 3.05) is 44.8 Å². The molecule has 114 valence electrons. The second-order valence-corrected chi connectivity index (χ2v) is 6.07. The van der Waals surface area contributed by atoms with E-state index in [0.29, 0.717) is 5.92 Å². The van der Waals surface area contributed by atoms with Crippen LogP contribution in [0.5, 0.6) is 0 Å². The molecule has 2 heterocycles. The molecule has 0 spiro atoms. The van der Waals surface area contributed by atoms with Gasteiger partial charge in [0.1, 0.15) is 0 Å². The van der Waals surface area contributed by atoms with E-state index >= 15 is 0 Å². The topological polar surface area (TPSA) is 32.8 Å². The molecule has 4 heteroatoms. The predicted molar refractivity (Wildman–Crippen MR) is 83.8 cm³/mol. The minimum absolute atomic E-state index is 0.177. The molecule has 0 unspecified atom stereocenters. The van der Waals surface area contributed by atoms with E-state index in [1.807, 2.05) is 23.1 Å². The van der Waals surface area contributed by atoms with E-state index in [9.17, 15) is 4.79 Å². The van der Waals surface area contributed by atoms with Crippen LogP contribution in [0.25, 0.3) is 0 Å². The lowest BCUT2D eigenvalue weighted by atomic mass is 10.1. The van der Waals surface area contributed by atoms with Crippen LogP contribution in [0, 0.1) is 5.92 Å². The number of hydrogen-bond donors (Lipinski definition) is 0. The first-order chi connectivity index (χ1) is 10.3. The van der Waals surface area contributed by atoms with Gasteiger partial charge in [0.05, 0.1) is 12.2 Å². The molecule has 3 rings (SSSR count). The van der Waals surface area contributed by atoms with Gasteiger partial charge in [-0.3, -0.25) is 4.79 Å². The summed E-state index contributed by atoms with van der Waals surface area (Å²) in [7, 11) is 1.73. The van der Waals surface area contributed by atoms with Gasteiger partial charge in [0.2, 0.25) is 0 Å². The maximum atomic E-state index is 12.8. The molecule has 0 N–H and O–H groups in total. The van der Waals surface area contributed by atoms with Gasteiger partial charge in [-0.25, -0.2) is 0 Å². The van der Waals surface area contributed by atoms with Gasteiger partial charge in [0.15, 0.2) is 0 Å². The number of anilines is 1. The molecule has 1 aromatic carbocycles. The minimum Gasteiger partial charge on any atom is -0.384 e. The molecule has 0 bridgehead atoms. The molecule has 0 saturated carbocycles. The average molecular weight is 288 g/mol. The van der Waals surface area contributed by atoms with Crippen molar-refractivity contribution >= 4 is 11.6 Å². The van der Waals surface area contributed by atoms with E-state index in [0.717, 1.165) is 50.5 Å². The summed E-state index contributed by atoms with van der Waals surface area (Å²) >= 11 is 0. The number of nitrogens with zero attached hydrogens (tertiary/aromatic N) is 2. The highest BCUT2D eigenvalue weighted by Gasteiger charge is 2.29. The van der Waals surface area contributed by atoms with Crippen LogP contribution in [0.15, 0.2) is 24.3 Å². The van der Waals surface area contributed by atoms with Crippen molar-refractivity contribution < 1.29 is 9.53 Å². The Kier molecular flexibility index (Phi) is 4.44.